The van der Waals surface area contributed by atoms with Crippen LogP contribution < -0.4 is 5.32 Å². The molecule has 0 aromatic rings. The summed E-state index contributed by atoms with van der Waals surface area (Å²) in [5.41, 5.74) is -0.449. The molecule has 0 aromatic heterocycles. The van der Waals surface area contributed by atoms with E-state index in [9.17, 15) is 4.79 Å². The van der Waals surface area contributed by atoms with Crippen molar-refractivity contribution in [3.05, 3.63) is 0 Å². The van der Waals surface area contributed by atoms with Crippen LogP contribution >= 0.6 is 0 Å². The highest BCUT2D eigenvalue weighted by Crippen LogP contribution is 2.15. The lowest BCUT2D eigenvalue weighted by atomic mass is 9.99. The molecule has 0 bridgehead atoms. The summed E-state index contributed by atoms with van der Waals surface area (Å²) in [5, 5.41) is 11.5. The van der Waals surface area contributed by atoms with Gasteiger partial charge in [-0.15, -0.1) is 0 Å². The lowest BCUT2D eigenvalue weighted by molar-refractivity contribution is 0.0520. The molecule has 0 spiro atoms. The molecule has 1 saturated heterocycles. The van der Waals surface area contributed by atoms with Crippen molar-refractivity contribution in [2.24, 2.45) is 5.92 Å². The van der Waals surface area contributed by atoms with E-state index < -0.39 is 5.60 Å². The lowest BCUT2D eigenvalue weighted by Crippen LogP contribution is -2.40. The molecule has 0 aliphatic carbocycles. The number of hydrogen-bond donors (Lipinski definition) is 1. The van der Waals surface area contributed by atoms with Crippen LogP contribution in [0.15, 0.2) is 0 Å². The van der Waals surface area contributed by atoms with E-state index in [-0.39, 0.29) is 12.0 Å². The molecule has 5 heteroatoms. The summed E-state index contributed by atoms with van der Waals surface area (Å²) in [6, 6.07) is 2.31. The number of ether oxygens (including phenoxy) is 1. The maximum atomic E-state index is 11.4. The molecule has 1 fully saturated rings. The number of likely N-dealkylation sites (tertiary alicyclic amines) is 1. The Bertz CT molecular complexity index is 309. The van der Waals surface area contributed by atoms with Gasteiger partial charge in [-0.05, 0) is 46.7 Å². The first-order chi connectivity index (χ1) is 8.40. The second-order valence-corrected chi connectivity index (χ2v) is 5.67. The van der Waals surface area contributed by atoms with Crippen LogP contribution in [-0.2, 0) is 4.74 Å². The van der Waals surface area contributed by atoms with Gasteiger partial charge in [0, 0.05) is 19.0 Å². The Morgan fingerprint density at radius 3 is 2.56 bits per heavy atom. The fourth-order valence-electron chi connectivity index (χ4n) is 1.92. The Morgan fingerprint density at radius 2 is 2.06 bits per heavy atom. The summed E-state index contributed by atoms with van der Waals surface area (Å²) in [6.07, 6.45) is 1.50. The number of amides is 1. The largest absolute Gasteiger partial charge is 0.444 e. The maximum absolute atomic E-state index is 11.4. The van der Waals surface area contributed by atoms with Gasteiger partial charge in [-0.25, -0.2) is 4.79 Å². The number of piperidine rings is 1. The van der Waals surface area contributed by atoms with E-state index >= 15 is 0 Å². The maximum Gasteiger partial charge on any atom is 0.407 e. The average Bonchev–Trinajstić information content (AvgIpc) is 2.27. The van der Waals surface area contributed by atoms with Crippen molar-refractivity contribution < 1.29 is 9.53 Å². The van der Waals surface area contributed by atoms with E-state index in [0.29, 0.717) is 6.54 Å². The molecule has 102 valence electrons. The third kappa shape index (κ3) is 5.87. The summed E-state index contributed by atoms with van der Waals surface area (Å²) in [6.45, 7) is 8.82. The molecule has 1 amide bonds. The van der Waals surface area contributed by atoms with Gasteiger partial charge < -0.3 is 15.0 Å². The summed E-state index contributed by atoms with van der Waals surface area (Å²) >= 11 is 0. The highest BCUT2D eigenvalue weighted by atomic mass is 16.6. The zero-order valence-electron chi connectivity index (χ0n) is 11.5. The van der Waals surface area contributed by atoms with Gasteiger partial charge in [0.2, 0.25) is 0 Å². The summed E-state index contributed by atoms with van der Waals surface area (Å²) in [7, 11) is 0. The molecule has 1 heterocycles. The predicted octanol–water partition coefficient (Wildman–Crippen LogP) is 1.75. The van der Waals surface area contributed by atoms with Crippen molar-refractivity contribution in [2.45, 2.75) is 39.2 Å². The van der Waals surface area contributed by atoms with Gasteiger partial charge in [0.15, 0.2) is 0 Å². The Labute approximate surface area is 109 Å². The number of nitrogens with one attached hydrogen (secondary N) is 1. The Morgan fingerprint density at radius 1 is 1.44 bits per heavy atom. The minimum absolute atomic E-state index is 0.208. The van der Waals surface area contributed by atoms with Crippen molar-refractivity contribution in [3.63, 3.8) is 0 Å². The lowest BCUT2D eigenvalue weighted by Gasteiger charge is -2.29. The molecular weight excluding hydrogens is 230 g/mol. The van der Waals surface area contributed by atoms with Crippen molar-refractivity contribution in [1.29, 1.82) is 5.26 Å². The third-order valence-corrected chi connectivity index (χ3v) is 2.87. The molecular formula is C13H23N3O2. The smallest absolute Gasteiger partial charge is 0.407 e. The fourth-order valence-corrected chi connectivity index (χ4v) is 1.92. The molecule has 0 aromatic carbocycles. The minimum atomic E-state index is -0.449. The second kappa shape index (κ2) is 6.60. The molecule has 0 unspecified atom stereocenters. The van der Waals surface area contributed by atoms with Crippen LogP contribution in [-0.4, -0.2) is 42.8 Å². The zero-order chi connectivity index (χ0) is 13.6. The monoisotopic (exact) mass is 253 g/mol. The van der Waals surface area contributed by atoms with Crippen LogP contribution in [0.4, 0.5) is 4.79 Å². The second-order valence-electron chi connectivity index (χ2n) is 5.67. The minimum Gasteiger partial charge on any atom is -0.444 e. The van der Waals surface area contributed by atoms with Gasteiger partial charge in [0.25, 0.3) is 0 Å². The Hall–Kier alpha value is -1.28. The number of hydrogen-bond acceptors (Lipinski definition) is 4. The van der Waals surface area contributed by atoms with Crippen LogP contribution in [0.5, 0.6) is 0 Å². The third-order valence-electron chi connectivity index (χ3n) is 2.87. The zero-order valence-corrected chi connectivity index (χ0v) is 11.5. The molecule has 0 radical (unpaired) electrons. The average molecular weight is 253 g/mol. The van der Waals surface area contributed by atoms with E-state index in [4.69, 9.17) is 10.00 Å². The summed E-state index contributed by atoms with van der Waals surface area (Å²) < 4.78 is 5.15. The van der Waals surface area contributed by atoms with Crippen LogP contribution in [0.1, 0.15) is 33.6 Å². The van der Waals surface area contributed by atoms with Gasteiger partial charge in [-0.2, -0.15) is 5.26 Å². The summed E-state index contributed by atoms with van der Waals surface area (Å²) in [5.74, 6) is 0.208. The van der Waals surface area contributed by atoms with E-state index in [1.807, 2.05) is 20.8 Å². The van der Waals surface area contributed by atoms with Gasteiger partial charge in [-0.1, -0.05) is 0 Å². The van der Waals surface area contributed by atoms with Gasteiger partial charge in [0.05, 0.1) is 6.07 Å². The number of rotatable bonds is 3. The molecule has 1 rings (SSSR count). The molecule has 1 N–H and O–H groups in total. The van der Waals surface area contributed by atoms with E-state index in [0.717, 1.165) is 32.5 Å². The van der Waals surface area contributed by atoms with Crippen LogP contribution in [0.2, 0.25) is 0 Å². The molecule has 1 aliphatic heterocycles. The normalized spacial score (nSPS) is 18.1. The first kappa shape index (κ1) is 14.8. The number of nitriles is 1. The molecule has 1 aliphatic rings. The van der Waals surface area contributed by atoms with Crippen LogP contribution in [0, 0.1) is 17.2 Å². The molecule has 0 atom stereocenters. The van der Waals surface area contributed by atoms with Gasteiger partial charge >= 0.3 is 6.09 Å². The first-order valence-electron chi connectivity index (χ1n) is 6.49. The highest BCUT2D eigenvalue weighted by molar-refractivity contribution is 5.67. The van der Waals surface area contributed by atoms with E-state index in [1.54, 1.807) is 0 Å². The predicted molar refractivity (Wildman–Crippen MR) is 69.0 cm³/mol. The Kier molecular flexibility index (Phi) is 5.42. The standard InChI is InChI=1S/C13H23N3O2/c1-13(2,3)18-12(17)15-6-9-16-7-4-11(10-14)5-8-16/h11H,4-9H2,1-3H3,(H,15,17). The quantitative estimate of drug-likeness (QED) is 0.832. The highest BCUT2D eigenvalue weighted by Gasteiger charge is 2.19. The van der Waals surface area contributed by atoms with Gasteiger partial charge in [-0.3, -0.25) is 0 Å². The van der Waals surface area contributed by atoms with Crippen molar-refractivity contribution in [2.75, 3.05) is 26.2 Å². The van der Waals surface area contributed by atoms with Gasteiger partial charge in [0.1, 0.15) is 5.60 Å². The number of alkyl carbamates (subject to hydrolysis) is 1. The molecule has 0 saturated carbocycles. The molecule has 5 nitrogen and oxygen atoms in total. The number of nitrogens with zero attached hydrogens (tertiary/aromatic N) is 2. The molecule has 18 heavy (non-hydrogen) atoms. The van der Waals surface area contributed by atoms with Crippen molar-refractivity contribution >= 4 is 6.09 Å². The van der Waals surface area contributed by atoms with Crippen LogP contribution in [0.3, 0.4) is 0 Å². The first-order valence-corrected chi connectivity index (χ1v) is 6.49. The van der Waals surface area contributed by atoms with E-state index in [2.05, 4.69) is 16.3 Å². The topological polar surface area (TPSA) is 65.4 Å². The fraction of sp³-hybridized carbons (Fsp3) is 0.846. The van der Waals surface area contributed by atoms with E-state index in [1.165, 1.54) is 0 Å². The summed E-state index contributed by atoms with van der Waals surface area (Å²) in [4.78, 5) is 13.7. The van der Waals surface area contributed by atoms with Crippen molar-refractivity contribution in [1.82, 2.24) is 10.2 Å². The number of carbonyl (C=O) groups excluding carboxylic acids is 1. The SMILES string of the molecule is CC(C)(C)OC(=O)NCCN1CCC(C#N)CC1. The van der Waals surface area contributed by atoms with Crippen molar-refractivity contribution in [3.8, 4) is 6.07 Å². The van der Waals surface area contributed by atoms with Crippen LogP contribution in [0.25, 0.3) is 0 Å². The Balaban J connectivity index is 2.12. The number of carbonyl (C=O) groups is 1.